The minimum absolute atomic E-state index is 0.363. The van der Waals surface area contributed by atoms with Gasteiger partial charge in [-0.1, -0.05) is 24.3 Å². The summed E-state index contributed by atoms with van der Waals surface area (Å²) in [4.78, 5) is 4.98. The number of anilines is 1. The minimum Gasteiger partial charge on any atom is -0.508 e. The van der Waals surface area contributed by atoms with E-state index in [0.29, 0.717) is 5.75 Å². The fourth-order valence-corrected chi connectivity index (χ4v) is 3.05. The van der Waals surface area contributed by atoms with Crippen LogP contribution in [-0.2, 0) is 6.42 Å². The van der Waals surface area contributed by atoms with Crippen molar-refractivity contribution in [2.45, 2.75) is 13.3 Å². The van der Waals surface area contributed by atoms with Gasteiger partial charge in [-0.2, -0.15) is 0 Å². The lowest BCUT2D eigenvalue weighted by atomic mass is 10.1. The monoisotopic (exact) mass is 296 g/mol. The van der Waals surface area contributed by atoms with Crippen LogP contribution >= 0.6 is 0 Å². The molecule has 1 aliphatic heterocycles. The molecule has 116 valence electrons. The van der Waals surface area contributed by atoms with E-state index in [1.807, 2.05) is 12.1 Å². The van der Waals surface area contributed by atoms with Gasteiger partial charge < -0.3 is 10.0 Å². The molecule has 1 N–H and O–H groups in total. The molecule has 1 aliphatic rings. The number of hydrogen-bond donors (Lipinski definition) is 1. The van der Waals surface area contributed by atoms with E-state index in [0.717, 1.165) is 39.1 Å². The lowest BCUT2D eigenvalue weighted by Crippen LogP contribution is -2.47. The quantitative estimate of drug-likeness (QED) is 0.939. The molecule has 1 heterocycles. The highest BCUT2D eigenvalue weighted by Crippen LogP contribution is 2.18. The third kappa shape index (κ3) is 3.80. The number of hydrogen-bond acceptors (Lipinski definition) is 3. The first-order valence-corrected chi connectivity index (χ1v) is 8.02. The van der Waals surface area contributed by atoms with E-state index in [2.05, 4.69) is 47.1 Å². The molecular weight excluding hydrogens is 272 g/mol. The fourth-order valence-electron chi connectivity index (χ4n) is 3.05. The van der Waals surface area contributed by atoms with Gasteiger partial charge in [0.2, 0.25) is 0 Å². The number of phenols is 1. The summed E-state index contributed by atoms with van der Waals surface area (Å²) >= 11 is 0. The summed E-state index contributed by atoms with van der Waals surface area (Å²) < 4.78 is 0. The first kappa shape index (κ1) is 14.9. The molecule has 3 nitrogen and oxygen atoms in total. The van der Waals surface area contributed by atoms with E-state index < -0.39 is 0 Å². The van der Waals surface area contributed by atoms with Crippen molar-refractivity contribution in [2.24, 2.45) is 0 Å². The standard InChI is InChI=1S/C19H24N2O/c1-16-4-2-6-18(14-16)21-12-10-20(11-13-21)9-8-17-5-3-7-19(22)15-17/h2-7,14-15,22H,8-13H2,1H3. The number of nitrogens with zero attached hydrogens (tertiary/aromatic N) is 2. The molecule has 0 radical (unpaired) electrons. The van der Waals surface area contributed by atoms with Crippen molar-refractivity contribution in [1.29, 1.82) is 0 Å². The number of aromatic hydroxyl groups is 1. The fraction of sp³-hybridized carbons (Fsp3) is 0.368. The van der Waals surface area contributed by atoms with Gasteiger partial charge in [0.25, 0.3) is 0 Å². The lowest BCUT2D eigenvalue weighted by Gasteiger charge is -2.36. The maximum Gasteiger partial charge on any atom is 0.115 e. The summed E-state index contributed by atoms with van der Waals surface area (Å²) in [5.74, 6) is 0.363. The first-order chi connectivity index (χ1) is 10.7. The molecule has 0 spiro atoms. The Hall–Kier alpha value is -2.00. The number of aryl methyl sites for hydroxylation is 1. The lowest BCUT2D eigenvalue weighted by molar-refractivity contribution is 0.261. The van der Waals surface area contributed by atoms with E-state index in [4.69, 9.17) is 0 Å². The second-order valence-electron chi connectivity index (χ2n) is 6.09. The molecular formula is C19H24N2O. The van der Waals surface area contributed by atoms with Gasteiger partial charge >= 0.3 is 0 Å². The van der Waals surface area contributed by atoms with E-state index >= 15 is 0 Å². The molecule has 0 aromatic heterocycles. The molecule has 2 aromatic carbocycles. The molecule has 0 amide bonds. The van der Waals surface area contributed by atoms with E-state index in [1.54, 1.807) is 6.07 Å². The molecule has 3 heteroatoms. The van der Waals surface area contributed by atoms with Gasteiger partial charge in [-0.15, -0.1) is 0 Å². The number of rotatable bonds is 4. The zero-order chi connectivity index (χ0) is 15.4. The van der Waals surface area contributed by atoms with Crippen molar-refractivity contribution in [3.63, 3.8) is 0 Å². The second kappa shape index (κ2) is 6.84. The number of piperazine rings is 1. The van der Waals surface area contributed by atoms with Crippen molar-refractivity contribution in [2.75, 3.05) is 37.6 Å². The summed E-state index contributed by atoms with van der Waals surface area (Å²) in [5.41, 5.74) is 3.87. The van der Waals surface area contributed by atoms with Gasteiger partial charge in [0, 0.05) is 38.4 Å². The average molecular weight is 296 g/mol. The summed E-state index contributed by atoms with van der Waals surface area (Å²) in [5, 5.41) is 9.51. The third-order valence-corrected chi connectivity index (χ3v) is 4.37. The largest absolute Gasteiger partial charge is 0.508 e. The van der Waals surface area contributed by atoms with Crippen LogP contribution in [0.2, 0.25) is 0 Å². The Morgan fingerprint density at radius 3 is 2.45 bits per heavy atom. The predicted molar refractivity (Wildman–Crippen MR) is 91.6 cm³/mol. The smallest absolute Gasteiger partial charge is 0.115 e. The normalized spacial score (nSPS) is 16.0. The van der Waals surface area contributed by atoms with Crippen LogP contribution in [0, 0.1) is 6.92 Å². The van der Waals surface area contributed by atoms with Gasteiger partial charge in [0.15, 0.2) is 0 Å². The topological polar surface area (TPSA) is 26.7 Å². The Morgan fingerprint density at radius 1 is 0.955 bits per heavy atom. The zero-order valence-electron chi connectivity index (χ0n) is 13.2. The second-order valence-corrected chi connectivity index (χ2v) is 6.09. The predicted octanol–water partition coefficient (Wildman–Crippen LogP) is 3.07. The van der Waals surface area contributed by atoms with Crippen molar-refractivity contribution < 1.29 is 5.11 Å². The van der Waals surface area contributed by atoms with E-state index in [9.17, 15) is 5.11 Å². The molecule has 2 aromatic rings. The SMILES string of the molecule is Cc1cccc(N2CCN(CCc3cccc(O)c3)CC2)c1. The first-order valence-electron chi connectivity index (χ1n) is 8.02. The summed E-state index contributed by atoms with van der Waals surface area (Å²) in [6.07, 6.45) is 0.999. The van der Waals surface area contributed by atoms with Crippen molar-refractivity contribution >= 4 is 5.69 Å². The Balaban J connectivity index is 1.49. The highest BCUT2D eigenvalue weighted by Gasteiger charge is 2.16. The highest BCUT2D eigenvalue weighted by molar-refractivity contribution is 5.48. The Morgan fingerprint density at radius 2 is 1.73 bits per heavy atom. The van der Waals surface area contributed by atoms with Crippen LogP contribution < -0.4 is 4.90 Å². The van der Waals surface area contributed by atoms with Crippen molar-refractivity contribution in [1.82, 2.24) is 4.90 Å². The van der Waals surface area contributed by atoms with Gasteiger partial charge in [-0.25, -0.2) is 0 Å². The number of benzene rings is 2. The van der Waals surface area contributed by atoms with Crippen LogP contribution in [0.3, 0.4) is 0 Å². The summed E-state index contributed by atoms with van der Waals surface area (Å²) in [6, 6.07) is 16.3. The van der Waals surface area contributed by atoms with Crippen LogP contribution in [0.4, 0.5) is 5.69 Å². The van der Waals surface area contributed by atoms with Crippen LogP contribution in [0.5, 0.6) is 5.75 Å². The Labute approximate surface area is 132 Å². The van der Waals surface area contributed by atoms with Crippen LogP contribution in [0.25, 0.3) is 0 Å². The number of phenolic OH excluding ortho intramolecular Hbond substituents is 1. The van der Waals surface area contributed by atoms with Crippen LogP contribution in [-0.4, -0.2) is 42.7 Å². The van der Waals surface area contributed by atoms with Gasteiger partial charge in [0.1, 0.15) is 5.75 Å². The summed E-state index contributed by atoms with van der Waals surface area (Å²) in [6.45, 7) is 7.59. The highest BCUT2D eigenvalue weighted by atomic mass is 16.3. The average Bonchev–Trinajstić information content (AvgIpc) is 2.54. The molecule has 0 unspecified atom stereocenters. The third-order valence-electron chi connectivity index (χ3n) is 4.37. The van der Waals surface area contributed by atoms with Crippen molar-refractivity contribution in [3.05, 3.63) is 59.7 Å². The maximum atomic E-state index is 9.51. The van der Waals surface area contributed by atoms with Crippen LogP contribution in [0.15, 0.2) is 48.5 Å². The van der Waals surface area contributed by atoms with Gasteiger partial charge in [-0.3, -0.25) is 4.90 Å². The zero-order valence-corrected chi connectivity index (χ0v) is 13.2. The molecule has 0 saturated carbocycles. The molecule has 0 bridgehead atoms. The molecule has 3 rings (SSSR count). The summed E-state index contributed by atoms with van der Waals surface area (Å²) in [7, 11) is 0. The molecule has 1 saturated heterocycles. The van der Waals surface area contributed by atoms with Crippen molar-refractivity contribution in [3.8, 4) is 5.75 Å². The van der Waals surface area contributed by atoms with Gasteiger partial charge in [-0.05, 0) is 48.7 Å². The molecule has 22 heavy (non-hydrogen) atoms. The Bertz CT molecular complexity index is 618. The van der Waals surface area contributed by atoms with E-state index in [1.165, 1.54) is 16.8 Å². The molecule has 1 fully saturated rings. The molecule has 0 aliphatic carbocycles. The van der Waals surface area contributed by atoms with Gasteiger partial charge in [0.05, 0.1) is 0 Å². The minimum atomic E-state index is 0.363. The molecule has 0 atom stereocenters. The van der Waals surface area contributed by atoms with Crippen LogP contribution in [0.1, 0.15) is 11.1 Å². The maximum absolute atomic E-state index is 9.51. The van der Waals surface area contributed by atoms with E-state index in [-0.39, 0.29) is 0 Å². The Kier molecular flexibility index (Phi) is 4.64.